The van der Waals surface area contributed by atoms with Gasteiger partial charge in [-0.3, -0.25) is 0 Å². The van der Waals surface area contributed by atoms with Gasteiger partial charge in [0.25, 0.3) is 0 Å². The number of nitrogens with zero attached hydrogens (tertiary/aromatic N) is 1. The minimum absolute atomic E-state index is 0.132. The molecule has 100 valence electrons. The molecule has 0 bridgehead atoms. The van der Waals surface area contributed by atoms with Gasteiger partial charge < -0.3 is 14.5 Å². The van der Waals surface area contributed by atoms with Crippen LogP contribution in [0.2, 0.25) is 0 Å². The second-order valence-electron chi connectivity index (χ2n) is 4.31. The molecule has 5 heteroatoms. The Morgan fingerprint density at radius 1 is 1.32 bits per heavy atom. The number of benzene rings is 1. The Morgan fingerprint density at radius 3 is 2.79 bits per heavy atom. The summed E-state index contributed by atoms with van der Waals surface area (Å²) >= 11 is 5.15. The number of aromatic nitrogens is 2. The van der Waals surface area contributed by atoms with Crippen molar-refractivity contribution in [1.29, 1.82) is 0 Å². The smallest absolute Gasteiger partial charge is 0.179 e. The van der Waals surface area contributed by atoms with E-state index in [1.807, 2.05) is 38.1 Å². The number of hydrogen-bond acceptors (Lipinski definition) is 4. The molecule has 0 aliphatic heterocycles. The molecule has 0 saturated heterocycles. The summed E-state index contributed by atoms with van der Waals surface area (Å²) in [5, 5.41) is 0. The number of ether oxygens (including phenoxy) is 2. The van der Waals surface area contributed by atoms with Crippen molar-refractivity contribution >= 4 is 12.2 Å². The Hall–Kier alpha value is -1.88. The van der Waals surface area contributed by atoms with Crippen molar-refractivity contribution in [3.63, 3.8) is 0 Å². The van der Waals surface area contributed by atoms with Crippen molar-refractivity contribution < 1.29 is 9.47 Å². The predicted octanol–water partition coefficient (Wildman–Crippen LogP) is 3.60. The quantitative estimate of drug-likeness (QED) is 0.867. The highest BCUT2D eigenvalue weighted by Gasteiger charge is 2.09. The standard InChI is InChI=1S/C14H16N2O2S/c1-9(2)18-11-6-4-5-10(7-11)12-13(17-3)14(19)16-8-15-12/h4-9H,1-3H3,(H,15,16,19). The van der Waals surface area contributed by atoms with Crippen LogP contribution in [-0.2, 0) is 0 Å². The van der Waals surface area contributed by atoms with E-state index in [0.717, 1.165) is 17.0 Å². The molecular weight excluding hydrogens is 260 g/mol. The second kappa shape index (κ2) is 5.84. The molecule has 0 fully saturated rings. The van der Waals surface area contributed by atoms with E-state index < -0.39 is 0 Å². The largest absolute Gasteiger partial charge is 0.491 e. The van der Waals surface area contributed by atoms with Crippen LogP contribution in [0.4, 0.5) is 0 Å². The molecule has 0 aliphatic carbocycles. The SMILES string of the molecule is COc1c(-c2cccc(OC(C)C)c2)[nH]cnc1=S. The van der Waals surface area contributed by atoms with Crippen molar-refractivity contribution in [2.75, 3.05) is 7.11 Å². The normalized spacial score (nSPS) is 10.5. The number of H-pyrrole nitrogens is 1. The Morgan fingerprint density at radius 2 is 2.11 bits per heavy atom. The molecule has 0 unspecified atom stereocenters. The number of aromatic amines is 1. The summed E-state index contributed by atoms with van der Waals surface area (Å²) in [6, 6.07) is 7.77. The van der Waals surface area contributed by atoms with Crippen molar-refractivity contribution in [3.05, 3.63) is 35.2 Å². The predicted molar refractivity (Wildman–Crippen MR) is 77.2 cm³/mol. The highest BCUT2D eigenvalue weighted by Crippen LogP contribution is 2.30. The lowest BCUT2D eigenvalue weighted by molar-refractivity contribution is 0.242. The number of methoxy groups -OCH3 is 1. The maximum absolute atomic E-state index is 5.68. The average molecular weight is 276 g/mol. The van der Waals surface area contributed by atoms with Gasteiger partial charge in [-0.1, -0.05) is 24.4 Å². The summed E-state index contributed by atoms with van der Waals surface area (Å²) in [4.78, 5) is 7.08. The fourth-order valence-corrected chi connectivity index (χ4v) is 2.03. The van der Waals surface area contributed by atoms with Crippen molar-refractivity contribution in [1.82, 2.24) is 9.97 Å². The van der Waals surface area contributed by atoms with Crippen LogP contribution in [0.1, 0.15) is 13.8 Å². The molecule has 0 amide bonds. The van der Waals surface area contributed by atoms with Gasteiger partial charge >= 0.3 is 0 Å². The van der Waals surface area contributed by atoms with Crippen LogP contribution in [0.15, 0.2) is 30.6 Å². The zero-order chi connectivity index (χ0) is 13.8. The van der Waals surface area contributed by atoms with E-state index in [0.29, 0.717) is 10.4 Å². The second-order valence-corrected chi connectivity index (χ2v) is 4.70. The minimum atomic E-state index is 0.132. The molecule has 2 aromatic rings. The van der Waals surface area contributed by atoms with Crippen LogP contribution in [0.5, 0.6) is 11.5 Å². The van der Waals surface area contributed by atoms with Crippen LogP contribution < -0.4 is 9.47 Å². The Balaban J connectivity index is 2.47. The number of nitrogens with one attached hydrogen (secondary N) is 1. The third-order valence-corrected chi connectivity index (χ3v) is 2.80. The van der Waals surface area contributed by atoms with Gasteiger partial charge in [0.15, 0.2) is 10.4 Å². The third-order valence-electron chi connectivity index (χ3n) is 2.51. The van der Waals surface area contributed by atoms with E-state index in [1.165, 1.54) is 0 Å². The number of hydrogen-bond donors (Lipinski definition) is 1. The first kappa shape index (κ1) is 13.5. The van der Waals surface area contributed by atoms with Crippen molar-refractivity contribution in [2.24, 2.45) is 0 Å². The van der Waals surface area contributed by atoms with Gasteiger partial charge in [-0.15, -0.1) is 0 Å². The Labute approximate surface area is 117 Å². The van der Waals surface area contributed by atoms with Gasteiger partial charge in [0.05, 0.1) is 25.2 Å². The Bertz CT molecular complexity index is 623. The molecule has 0 radical (unpaired) electrons. The van der Waals surface area contributed by atoms with Gasteiger partial charge in [0, 0.05) is 5.56 Å². The van der Waals surface area contributed by atoms with E-state index in [4.69, 9.17) is 21.7 Å². The summed E-state index contributed by atoms with van der Waals surface area (Å²) in [5.74, 6) is 1.38. The van der Waals surface area contributed by atoms with E-state index in [2.05, 4.69) is 9.97 Å². The fraction of sp³-hybridized carbons (Fsp3) is 0.286. The maximum Gasteiger partial charge on any atom is 0.179 e. The molecule has 2 rings (SSSR count). The highest BCUT2D eigenvalue weighted by atomic mass is 32.1. The van der Waals surface area contributed by atoms with Crippen LogP contribution in [-0.4, -0.2) is 23.2 Å². The van der Waals surface area contributed by atoms with Crippen LogP contribution in [0.25, 0.3) is 11.3 Å². The summed E-state index contributed by atoms with van der Waals surface area (Å²) in [6.07, 6.45) is 1.70. The molecule has 0 aliphatic rings. The van der Waals surface area contributed by atoms with E-state index >= 15 is 0 Å². The van der Waals surface area contributed by atoms with Crippen LogP contribution in [0.3, 0.4) is 0 Å². The monoisotopic (exact) mass is 276 g/mol. The fourth-order valence-electron chi connectivity index (χ4n) is 1.79. The van der Waals surface area contributed by atoms with Crippen LogP contribution in [0, 0.1) is 4.64 Å². The lowest BCUT2D eigenvalue weighted by Crippen LogP contribution is -2.05. The third kappa shape index (κ3) is 3.12. The molecule has 19 heavy (non-hydrogen) atoms. The van der Waals surface area contributed by atoms with Crippen molar-refractivity contribution in [2.45, 2.75) is 20.0 Å². The van der Waals surface area contributed by atoms with Gasteiger partial charge in [0.1, 0.15) is 5.75 Å². The minimum Gasteiger partial charge on any atom is -0.491 e. The number of rotatable bonds is 4. The Kier molecular flexibility index (Phi) is 4.16. The van der Waals surface area contributed by atoms with Gasteiger partial charge in [-0.2, -0.15) is 0 Å². The molecule has 1 aromatic carbocycles. The zero-order valence-electron chi connectivity index (χ0n) is 11.1. The first-order valence-electron chi connectivity index (χ1n) is 6.00. The first-order chi connectivity index (χ1) is 9.11. The molecule has 4 nitrogen and oxygen atoms in total. The van der Waals surface area contributed by atoms with Crippen LogP contribution >= 0.6 is 12.2 Å². The molecule has 0 saturated carbocycles. The van der Waals surface area contributed by atoms with E-state index in [-0.39, 0.29) is 6.10 Å². The van der Waals surface area contributed by atoms with Gasteiger partial charge in [-0.25, -0.2) is 4.98 Å². The van der Waals surface area contributed by atoms with E-state index in [1.54, 1.807) is 13.4 Å². The topological polar surface area (TPSA) is 47.1 Å². The average Bonchev–Trinajstić information content (AvgIpc) is 2.38. The molecule has 1 heterocycles. The lowest BCUT2D eigenvalue weighted by atomic mass is 10.1. The molecular formula is C14H16N2O2S. The summed E-state index contributed by atoms with van der Waals surface area (Å²) < 4.78 is 11.4. The highest BCUT2D eigenvalue weighted by molar-refractivity contribution is 7.71. The van der Waals surface area contributed by atoms with Crippen molar-refractivity contribution in [3.8, 4) is 22.8 Å². The van der Waals surface area contributed by atoms with E-state index in [9.17, 15) is 0 Å². The summed E-state index contributed by atoms with van der Waals surface area (Å²) in [5.41, 5.74) is 1.75. The molecule has 0 spiro atoms. The van der Waals surface area contributed by atoms with Gasteiger partial charge in [-0.05, 0) is 26.0 Å². The molecule has 1 aromatic heterocycles. The molecule has 0 atom stereocenters. The zero-order valence-corrected chi connectivity index (χ0v) is 12.0. The lowest BCUT2D eigenvalue weighted by Gasteiger charge is -2.12. The summed E-state index contributed by atoms with van der Waals surface area (Å²) in [7, 11) is 1.58. The molecule has 1 N–H and O–H groups in total. The first-order valence-corrected chi connectivity index (χ1v) is 6.41. The van der Waals surface area contributed by atoms with Gasteiger partial charge in [0.2, 0.25) is 0 Å². The summed E-state index contributed by atoms with van der Waals surface area (Å²) in [6.45, 7) is 3.99. The maximum atomic E-state index is 5.68.